The van der Waals surface area contributed by atoms with E-state index in [1.807, 2.05) is 0 Å². The number of rotatable bonds is 6. The van der Waals surface area contributed by atoms with E-state index >= 15 is 0 Å². The van der Waals surface area contributed by atoms with Crippen LogP contribution in [0.1, 0.15) is 26.5 Å². The van der Waals surface area contributed by atoms with Crippen molar-refractivity contribution < 1.29 is 9.59 Å². The first kappa shape index (κ1) is 21.6. The van der Waals surface area contributed by atoms with E-state index in [0.29, 0.717) is 27.8 Å². The summed E-state index contributed by atoms with van der Waals surface area (Å²) < 4.78 is 3.04. The van der Waals surface area contributed by atoms with Crippen LogP contribution in [0.5, 0.6) is 0 Å². The first-order valence-corrected chi connectivity index (χ1v) is 10.2. The summed E-state index contributed by atoms with van der Waals surface area (Å²) in [6, 6.07) is 6.64. The molecule has 164 valence electrons. The molecule has 3 aromatic heterocycles. The van der Waals surface area contributed by atoms with Gasteiger partial charge < -0.3 is 10.6 Å². The van der Waals surface area contributed by atoms with Crippen LogP contribution in [0.4, 0.5) is 5.69 Å². The lowest BCUT2D eigenvalue weighted by atomic mass is 10.1. The summed E-state index contributed by atoms with van der Waals surface area (Å²) in [5, 5.41) is 21.3. The molecule has 0 atom stereocenters. The van der Waals surface area contributed by atoms with Crippen LogP contribution < -0.4 is 10.6 Å². The standard InChI is InChI=1S/C20H18Cl2N8O2/c1-29-10-11(8-24-29)7-23-20(32)18-17(9-25-30(18)2)26-19(31)16-6-15(27-28-16)12-3-4-13(21)14(22)5-12/h3-6,8-10H,7H2,1-2H3,(H,23,32)(H,26,31)(H,27,28). The predicted octanol–water partition coefficient (Wildman–Crippen LogP) is 3.03. The molecule has 4 aromatic rings. The molecule has 0 aliphatic heterocycles. The van der Waals surface area contributed by atoms with Gasteiger partial charge in [0.25, 0.3) is 11.8 Å². The number of nitrogens with one attached hydrogen (secondary N) is 3. The smallest absolute Gasteiger partial charge is 0.273 e. The quantitative estimate of drug-likeness (QED) is 0.397. The summed E-state index contributed by atoms with van der Waals surface area (Å²) in [5.41, 5.74) is 2.76. The van der Waals surface area contributed by atoms with E-state index in [0.717, 1.165) is 5.56 Å². The monoisotopic (exact) mass is 472 g/mol. The highest BCUT2D eigenvalue weighted by atomic mass is 35.5. The van der Waals surface area contributed by atoms with Gasteiger partial charge in [0.2, 0.25) is 0 Å². The highest BCUT2D eigenvalue weighted by Crippen LogP contribution is 2.28. The molecule has 0 saturated carbocycles. The van der Waals surface area contributed by atoms with Crippen molar-refractivity contribution in [3.8, 4) is 11.3 Å². The molecular formula is C20H18Cl2N8O2. The summed E-state index contributed by atoms with van der Waals surface area (Å²) in [6.07, 6.45) is 4.87. The van der Waals surface area contributed by atoms with Gasteiger partial charge in [-0.15, -0.1) is 0 Å². The lowest BCUT2D eigenvalue weighted by Crippen LogP contribution is -2.26. The van der Waals surface area contributed by atoms with Gasteiger partial charge >= 0.3 is 0 Å². The molecular weight excluding hydrogens is 455 g/mol. The Morgan fingerprint density at radius 2 is 1.88 bits per heavy atom. The number of aromatic amines is 1. The first-order chi connectivity index (χ1) is 15.3. The Kier molecular flexibility index (Phi) is 5.97. The van der Waals surface area contributed by atoms with E-state index in [1.54, 1.807) is 55.4 Å². The molecule has 2 amide bonds. The largest absolute Gasteiger partial charge is 0.346 e. The Hall–Kier alpha value is -3.63. The maximum Gasteiger partial charge on any atom is 0.273 e. The zero-order valence-corrected chi connectivity index (χ0v) is 18.6. The van der Waals surface area contributed by atoms with Crippen LogP contribution in [0.3, 0.4) is 0 Å². The van der Waals surface area contributed by atoms with Crippen LogP contribution in [0, 0.1) is 0 Å². The number of aryl methyl sites for hydroxylation is 2. The van der Waals surface area contributed by atoms with E-state index in [9.17, 15) is 9.59 Å². The highest BCUT2D eigenvalue weighted by Gasteiger charge is 2.20. The fraction of sp³-hybridized carbons (Fsp3) is 0.150. The van der Waals surface area contributed by atoms with Crippen molar-refractivity contribution in [1.29, 1.82) is 0 Å². The summed E-state index contributed by atoms with van der Waals surface area (Å²) in [5.74, 6) is -0.858. The fourth-order valence-corrected chi connectivity index (χ4v) is 3.36. The SMILES string of the molecule is Cn1cc(CNC(=O)c2c(NC(=O)c3cc(-c4ccc(Cl)c(Cl)c4)n[nH]3)cnn2C)cn1. The van der Waals surface area contributed by atoms with Gasteiger partial charge in [0.15, 0.2) is 0 Å². The zero-order chi connectivity index (χ0) is 22.8. The molecule has 1 aromatic carbocycles. The van der Waals surface area contributed by atoms with E-state index < -0.39 is 5.91 Å². The van der Waals surface area contributed by atoms with E-state index in [2.05, 4.69) is 31.0 Å². The Morgan fingerprint density at radius 1 is 1.06 bits per heavy atom. The van der Waals surface area contributed by atoms with Crippen LogP contribution >= 0.6 is 23.2 Å². The number of carbonyl (C=O) groups is 2. The van der Waals surface area contributed by atoms with Gasteiger partial charge in [-0.2, -0.15) is 15.3 Å². The van der Waals surface area contributed by atoms with Gasteiger partial charge in [0.1, 0.15) is 11.4 Å². The third-order valence-electron chi connectivity index (χ3n) is 4.65. The molecule has 0 radical (unpaired) electrons. The number of H-pyrrole nitrogens is 1. The second-order valence-corrected chi connectivity index (χ2v) is 7.80. The van der Waals surface area contributed by atoms with Crippen LogP contribution in [-0.4, -0.2) is 41.6 Å². The van der Waals surface area contributed by atoms with Crippen molar-refractivity contribution >= 4 is 40.7 Å². The van der Waals surface area contributed by atoms with Gasteiger partial charge in [-0.3, -0.25) is 24.1 Å². The minimum atomic E-state index is -0.474. The maximum atomic E-state index is 12.7. The first-order valence-electron chi connectivity index (χ1n) is 9.41. The Morgan fingerprint density at radius 3 is 2.59 bits per heavy atom. The number of carbonyl (C=O) groups excluding carboxylic acids is 2. The summed E-state index contributed by atoms with van der Waals surface area (Å²) in [7, 11) is 3.41. The molecule has 3 heterocycles. The van der Waals surface area contributed by atoms with Crippen molar-refractivity contribution in [3.05, 3.63) is 69.9 Å². The number of nitrogens with zero attached hydrogens (tertiary/aromatic N) is 5. The highest BCUT2D eigenvalue weighted by molar-refractivity contribution is 6.42. The third kappa shape index (κ3) is 4.51. The number of hydrogen-bond donors (Lipinski definition) is 3. The van der Waals surface area contributed by atoms with E-state index in [-0.39, 0.29) is 23.0 Å². The van der Waals surface area contributed by atoms with Gasteiger partial charge in [-0.25, -0.2) is 0 Å². The lowest BCUT2D eigenvalue weighted by Gasteiger charge is -2.08. The molecule has 0 unspecified atom stereocenters. The van der Waals surface area contributed by atoms with Crippen LogP contribution in [-0.2, 0) is 20.6 Å². The number of benzene rings is 1. The molecule has 0 saturated heterocycles. The fourth-order valence-electron chi connectivity index (χ4n) is 3.06. The van der Waals surface area contributed by atoms with Crippen molar-refractivity contribution in [2.24, 2.45) is 14.1 Å². The van der Waals surface area contributed by atoms with Gasteiger partial charge in [0.05, 0.1) is 33.8 Å². The van der Waals surface area contributed by atoms with E-state index in [1.165, 1.54) is 10.9 Å². The molecule has 3 N–H and O–H groups in total. The normalized spacial score (nSPS) is 10.9. The number of amides is 2. The Bertz CT molecular complexity index is 1310. The molecule has 0 fully saturated rings. The van der Waals surface area contributed by atoms with Crippen molar-refractivity contribution in [3.63, 3.8) is 0 Å². The predicted molar refractivity (Wildman–Crippen MR) is 120 cm³/mol. The second kappa shape index (κ2) is 8.85. The molecule has 12 heteroatoms. The number of hydrogen-bond acceptors (Lipinski definition) is 5. The number of halogens is 2. The van der Waals surface area contributed by atoms with Gasteiger partial charge in [-0.05, 0) is 18.2 Å². The zero-order valence-electron chi connectivity index (χ0n) is 17.1. The maximum absolute atomic E-state index is 12.7. The second-order valence-electron chi connectivity index (χ2n) is 6.99. The lowest BCUT2D eigenvalue weighted by molar-refractivity contribution is 0.0942. The van der Waals surface area contributed by atoms with Gasteiger partial charge in [-0.1, -0.05) is 29.3 Å². The average Bonchev–Trinajstić information content (AvgIpc) is 3.49. The minimum Gasteiger partial charge on any atom is -0.346 e. The molecule has 0 aliphatic carbocycles. The van der Waals surface area contributed by atoms with Crippen molar-refractivity contribution in [2.45, 2.75) is 6.54 Å². The Balaban J connectivity index is 1.47. The number of aromatic nitrogens is 6. The van der Waals surface area contributed by atoms with Crippen molar-refractivity contribution in [1.82, 2.24) is 35.1 Å². The topological polar surface area (TPSA) is 123 Å². The average molecular weight is 473 g/mol. The molecule has 32 heavy (non-hydrogen) atoms. The molecule has 0 bridgehead atoms. The summed E-state index contributed by atoms with van der Waals surface area (Å²) in [4.78, 5) is 25.4. The molecule has 10 nitrogen and oxygen atoms in total. The van der Waals surface area contributed by atoms with E-state index in [4.69, 9.17) is 23.2 Å². The van der Waals surface area contributed by atoms with Crippen LogP contribution in [0.25, 0.3) is 11.3 Å². The van der Waals surface area contributed by atoms with Gasteiger partial charge in [0, 0.05) is 38.0 Å². The summed E-state index contributed by atoms with van der Waals surface area (Å²) in [6.45, 7) is 0.290. The third-order valence-corrected chi connectivity index (χ3v) is 5.39. The van der Waals surface area contributed by atoms with Crippen molar-refractivity contribution in [2.75, 3.05) is 5.32 Å². The van der Waals surface area contributed by atoms with Crippen LogP contribution in [0.15, 0.2) is 42.9 Å². The minimum absolute atomic E-state index is 0.205. The van der Waals surface area contributed by atoms with Crippen LogP contribution in [0.2, 0.25) is 10.0 Å². The molecule has 0 aliphatic rings. The summed E-state index contributed by atoms with van der Waals surface area (Å²) >= 11 is 12.0. The molecule has 4 rings (SSSR count). The number of anilines is 1. The molecule has 0 spiro atoms. The Labute approximate surface area is 192 Å².